The molecule has 2 nitrogen and oxygen atoms in total. The number of rotatable bonds is 3. The highest BCUT2D eigenvalue weighted by molar-refractivity contribution is 4.97. The van der Waals surface area contributed by atoms with Crippen molar-refractivity contribution in [3.63, 3.8) is 0 Å². The molecule has 0 saturated heterocycles. The summed E-state index contributed by atoms with van der Waals surface area (Å²) in [6.07, 6.45) is 6.40. The Morgan fingerprint density at radius 3 is 3.18 bits per heavy atom. The lowest BCUT2D eigenvalue weighted by atomic mass is 9.89. The molecule has 1 aliphatic heterocycles. The van der Waals surface area contributed by atoms with Gasteiger partial charge in [-0.25, -0.2) is 0 Å². The molecule has 1 rings (SSSR count). The smallest absolute Gasteiger partial charge is 0.0941 e. The highest BCUT2D eigenvalue weighted by Gasteiger charge is 2.18. The summed E-state index contributed by atoms with van der Waals surface area (Å²) in [6, 6.07) is 0. The Balaban J connectivity index is 2.49. The van der Waals surface area contributed by atoms with Crippen LogP contribution in [0.1, 0.15) is 6.42 Å². The van der Waals surface area contributed by atoms with E-state index >= 15 is 0 Å². The summed E-state index contributed by atoms with van der Waals surface area (Å²) in [5, 5.41) is 8.72. The molecule has 1 aliphatic rings. The highest BCUT2D eigenvalue weighted by Crippen LogP contribution is 2.22. The maximum absolute atomic E-state index is 8.72. The highest BCUT2D eigenvalue weighted by atomic mass is 16.5. The number of allylic oxidation sites excluding steroid dienone is 1. The number of aliphatic hydroxyl groups excluding tert-OH is 1. The third-order valence-electron chi connectivity index (χ3n) is 2.03. The van der Waals surface area contributed by atoms with E-state index in [1.54, 1.807) is 6.26 Å². The summed E-state index contributed by atoms with van der Waals surface area (Å²) < 4.78 is 5.12. The Morgan fingerprint density at radius 2 is 2.55 bits per heavy atom. The lowest BCUT2D eigenvalue weighted by molar-refractivity contribution is 0.152. The Morgan fingerprint density at radius 1 is 1.73 bits per heavy atom. The van der Waals surface area contributed by atoms with Gasteiger partial charge in [0.25, 0.3) is 0 Å². The normalized spacial score (nSPS) is 29.5. The van der Waals surface area contributed by atoms with Crippen LogP contribution >= 0.6 is 0 Å². The van der Waals surface area contributed by atoms with Gasteiger partial charge >= 0.3 is 0 Å². The summed E-state index contributed by atoms with van der Waals surface area (Å²) in [5.74, 6) is 0.776. The molecule has 0 saturated carbocycles. The van der Waals surface area contributed by atoms with Gasteiger partial charge in [0.2, 0.25) is 0 Å². The van der Waals surface area contributed by atoms with Crippen LogP contribution < -0.4 is 0 Å². The van der Waals surface area contributed by atoms with Gasteiger partial charge in [-0.05, 0) is 18.4 Å². The molecule has 2 atom stereocenters. The first-order valence-electron chi connectivity index (χ1n) is 3.90. The number of hydrogen-bond acceptors (Lipinski definition) is 2. The van der Waals surface area contributed by atoms with E-state index < -0.39 is 0 Å². The van der Waals surface area contributed by atoms with Crippen LogP contribution in [0, 0.1) is 11.8 Å². The van der Waals surface area contributed by atoms with Crippen molar-refractivity contribution in [1.29, 1.82) is 0 Å². The monoisotopic (exact) mass is 154 g/mol. The zero-order chi connectivity index (χ0) is 8.10. The fourth-order valence-electron chi connectivity index (χ4n) is 1.29. The average molecular weight is 154 g/mol. The van der Waals surface area contributed by atoms with Gasteiger partial charge in [-0.2, -0.15) is 0 Å². The van der Waals surface area contributed by atoms with E-state index in [-0.39, 0.29) is 6.61 Å². The van der Waals surface area contributed by atoms with Crippen molar-refractivity contribution >= 4 is 0 Å². The van der Waals surface area contributed by atoms with Crippen LogP contribution in [0.5, 0.6) is 0 Å². The van der Waals surface area contributed by atoms with Gasteiger partial charge in [0.15, 0.2) is 0 Å². The van der Waals surface area contributed by atoms with Gasteiger partial charge in [0, 0.05) is 12.5 Å². The van der Waals surface area contributed by atoms with Crippen LogP contribution in [0.25, 0.3) is 0 Å². The molecule has 0 aliphatic carbocycles. The van der Waals surface area contributed by atoms with Crippen molar-refractivity contribution in [3.8, 4) is 0 Å². The van der Waals surface area contributed by atoms with Gasteiger partial charge < -0.3 is 9.84 Å². The minimum Gasteiger partial charge on any atom is -0.501 e. The van der Waals surface area contributed by atoms with Gasteiger partial charge in [-0.3, -0.25) is 0 Å². The predicted molar refractivity (Wildman–Crippen MR) is 44.0 cm³/mol. The molecule has 62 valence electrons. The number of ether oxygens (including phenoxy) is 1. The molecule has 0 radical (unpaired) electrons. The zero-order valence-corrected chi connectivity index (χ0v) is 6.57. The Bertz CT molecular complexity index is 152. The Labute approximate surface area is 67.2 Å². The average Bonchev–Trinajstić information content (AvgIpc) is 2.06. The van der Waals surface area contributed by atoms with E-state index in [1.165, 1.54) is 0 Å². The summed E-state index contributed by atoms with van der Waals surface area (Å²) >= 11 is 0. The maximum atomic E-state index is 8.72. The molecule has 0 amide bonds. The molecule has 2 heteroatoms. The van der Waals surface area contributed by atoms with E-state index in [2.05, 4.69) is 6.58 Å². The van der Waals surface area contributed by atoms with Crippen molar-refractivity contribution < 1.29 is 9.84 Å². The van der Waals surface area contributed by atoms with E-state index in [0.717, 1.165) is 6.42 Å². The Hall–Kier alpha value is -0.760. The van der Waals surface area contributed by atoms with Crippen LogP contribution in [0.4, 0.5) is 0 Å². The second kappa shape index (κ2) is 4.19. The van der Waals surface area contributed by atoms with E-state index in [0.29, 0.717) is 18.4 Å². The largest absolute Gasteiger partial charge is 0.501 e. The van der Waals surface area contributed by atoms with E-state index in [1.807, 2.05) is 12.2 Å². The summed E-state index contributed by atoms with van der Waals surface area (Å²) in [5.41, 5.74) is 0. The minimum atomic E-state index is 0.235. The van der Waals surface area contributed by atoms with E-state index in [9.17, 15) is 0 Å². The Kier molecular flexibility index (Phi) is 3.17. The summed E-state index contributed by atoms with van der Waals surface area (Å²) in [7, 11) is 0. The molecular weight excluding hydrogens is 140 g/mol. The van der Waals surface area contributed by atoms with Crippen molar-refractivity contribution in [3.05, 3.63) is 25.0 Å². The standard InChI is InChI=1S/C9H14O2/c1-2-8-7-11-6-4-9(8)3-5-10/h2,4,6,8-10H,1,3,5,7H2. The van der Waals surface area contributed by atoms with Crippen LogP contribution in [0.15, 0.2) is 25.0 Å². The van der Waals surface area contributed by atoms with Gasteiger partial charge in [0.1, 0.15) is 0 Å². The number of aliphatic hydroxyl groups is 1. The first-order chi connectivity index (χ1) is 5.38. The molecule has 0 aromatic rings. The van der Waals surface area contributed by atoms with Crippen LogP contribution in [-0.4, -0.2) is 18.3 Å². The molecule has 0 fully saturated rings. The van der Waals surface area contributed by atoms with Gasteiger partial charge in [-0.1, -0.05) is 6.08 Å². The molecule has 0 aromatic heterocycles. The molecule has 0 spiro atoms. The lowest BCUT2D eigenvalue weighted by Gasteiger charge is -2.23. The van der Waals surface area contributed by atoms with E-state index in [4.69, 9.17) is 9.84 Å². The van der Waals surface area contributed by atoms with Gasteiger partial charge in [0.05, 0.1) is 12.9 Å². The lowest BCUT2D eigenvalue weighted by Crippen LogP contribution is -2.20. The summed E-state index contributed by atoms with van der Waals surface area (Å²) in [4.78, 5) is 0. The topological polar surface area (TPSA) is 29.5 Å². The zero-order valence-electron chi connectivity index (χ0n) is 6.57. The third-order valence-corrected chi connectivity index (χ3v) is 2.03. The first-order valence-corrected chi connectivity index (χ1v) is 3.90. The van der Waals surface area contributed by atoms with Crippen molar-refractivity contribution in [1.82, 2.24) is 0 Å². The SMILES string of the molecule is C=CC1COC=CC1CCO. The molecule has 0 aromatic carbocycles. The first kappa shape index (κ1) is 8.34. The van der Waals surface area contributed by atoms with Crippen LogP contribution in [-0.2, 0) is 4.74 Å². The van der Waals surface area contributed by atoms with Crippen molar-refractivity contribution in [2.45, 2.75) is 6.42 Å². The van der Waals surface area contributed by atoms with Crippen molar-refractivity contribution in [2.24, 2.45) is 11.8 Å². The fourth-order valence-corrected chi connectivity index (χ4v) is 1.29. The van der Waals surface area contributed by atoms with Gasteiger partial charge in [-0.15, -0.1) is 6.58 Å². The minimum absolute atomic E-state index is 0.235. The molecule has 11 heavy (non-hydrogen) atoms. The third kappa shape index (κ3) is 2.09. The second-order valence-corrected chi connectivity index (χ2v) is 2.74. The maximum Gasteiger partial charge on any atom is 0.0941 e. The molecule has 1 N–H and O–H groups in total. The predicted octanol–water partition coefficient (Wildman–Crippen LogP) is 1.33. The molecular formula is C9H14O2. The molecule has 2 unspecified atom stereocenters. The molecule has 0 bridgehead atoms. The van der Waals surface area contributed by atoms with Crippen LogP contribution in [0.3, 0.4) is 0 Å². The number of hydrogen-bond donors (Lipinski definition) is 1. The fraction of sp³-hybridized carbons (Fsp3) is 0.556. The second-order valence-electron chi connectivity index (χ2n) is 2.74. The quantitative estimate of drug-likeness (QED) is 0.621. The van der Waals surface area contributed by atoms with Crippen LogP contribution in [0.2, 0.25) is 0 Å². The summed E-state index contributed by atoms with van der Waals surface area (Å²) in [6.45, 7) is 4.66. The molecule has 1 heterocycles. The van der Waals surface area contributed by atoms with Crippen molar-refractivity contribution in [2.75, 3.05) is 13.2 Å².